The second-order valence-electron chi connectivity index (χ2n) is 7.63. The normalized spacial score (nSPS) is 16.9. The van der Waals surface area contributed by atoms with Crippen LogP contribution in [0.1, 0.15) is 47.8 Å². The Morgan fingerprint density at radius 3 is 2.71 bits per heavy atom. The Kier molecular flexibility index (Phi) is 5.24. The van der Waals surface area contributed by atoms with Crippen molar-refractivity contribution < 1.29 is 4.79 Å². The molecule has 1 amide bonds. The van der Waals surface area contributed by atoms with Crippen LogP contribution in [-0.4, -0.2) is 28.7 Å². The van der Waals surface area contributed by atoms with E-state index in [1.165, 1.54) is 18.4 Å². The third-order valence-corrected chi connectivity index (χ3v) is 5.49. The number of nitrogens with one attached hydrogen (secondary N) is 1. The zero-order valence-corrected chi connectivity index (χ0v) is 16.5. The fraction of sp³-hybridized carbons (Fsp3) is 0.348. The molecule has 0 spiro atoms. The van der Waals surface area contributed by atoms with E-state index in [1.54, 1.807) is 0 Å². The van der Waals surface area contributed by atoms with Gasteiger partial charge in [0.15, 0.2) is 11.5 Å². The topological polar surface area (TPSA) is 58.1 Å². The number of piperidine rings is 1. The molecule has 5 heteroatoms. The molecule has 0 bridgehead atoms. The first-order valence-corrected chi connectivity index (χ1v) is 9.99. The van der Waals surface area contributed by atoms with E-state index in [2.05, 4.69) is 33.4 Å². The summed E-state index contributed by atoms with van der Waals surface area (Å²) in [6, 6.07) is 16.5. The summed E-state index contributed by atoms with van der Waals surface area (Å²) in [7, 11) is 0. The number of carbonyl (C=O) groups excluding carboxylic acids is 1. The van der Waals surface area contributed by atoms with Gasteiger partial charge in [-0.25, -0.2) is 0 Å². The molecule has 5 nitrogen and oxygen atoms in total. The molecule has 3 aromatic rings. The maximum Gasteiger partial charge on any atom is 0.272 e. The summed E-state index contributed by atoms with van der Waals surface area (Å²) >= 11 is 0. The van der Waals surface area contributed by atoms with Crippen molar-refractivity contribution in [2.75, 3.05) is 11.4 Å². The number of benzene rings is 2. The smallest absolute Gasteiger partial charge is 0.272 e. The predicted octanol–water partition coefficient (Wildman–Crippen LogP) is 4.25. The van der Waals surface area contributed by atoms with Crippen molar-refractivity contribution in [2.45, 2.75) is 45.7 Å². The van der Waals surface area contributed by atoms with Gasteiger partial charge >= 0.3 is 0 Å². The highest BCUT2D eigenvalue weighted by Gasteiger charge is 2.24. The lowest BCUT2D eigenvalue weighted by atomic mass is 10.0. The average molecular weight is 374 g/mol. The van der Waals surface area contributed by atoms with E-state index in [-0.39, 0.29) is 5.91 Å². The van der Waals surface area contributed by atoms with Crippen molar-refractivity contribution in [2.24, 2.45) is 0 Å². The van der Waals surface area contributed by atoms with Gasteiger partial charge in [0.05, 0.1) is 0 Å². The van der Waals surface area contributed by atoms with Crippen molar-refractivity contribution in [1.29, 1.82) is 0 Å². The maximum absolute atomic E-state index is 12.8. The molecule has 1 fully saturated rings. The van der Waals surface area contributed by atoms with Gasteiger partial charge in [-0.2, -0.15) is 0 Å². The van der Waals surface area contributed by atoms with Crippen LogP contribution in [-0.2, 0) is 6.54 Å². The molecule has 1 N–H and O–H groups in total. The van der Waals surface area contributed by atoms with Crippen LogP contribution in [0.5, 0.6) is 0 Å². The van der Waals surface area contributed by atoms with Crippen LogP contribution >= 0.6 is 0 Å². The number of nitrogens with zero attached hydrogens (tertiary/aromatic N) is 3. The number of aromatic nitrogens is 2. The van der Waals surface area contributed by atoms with Crippen LogP contribution in [0, 0.1) is 6.92 Å². The minimum atomic E-state index is -0.191. The lowest BCUT2D eigenvalue weighted by Crippen LogP contribution is -2.38. The lowest BCUT2D eigenvalue weighted by Gasteiger charge is -2.34. The van der Waals surface area contributed by atoms with Gasteiger partial charge in [-0.3, -0.25) is 4.79 Å². The molecule has 1 atom stereocenters. The minimum Gasteiger partial charge on any atom is -0.352 e. The summed E-state index contributed by atoms with van der Waals surface area (Å²) in [4.78, 5) is 15.2. The molecule has 1 saturated heterocycles. The fourth-order valence-corrected chi connectivity index (χ4v) is 3.97. The van der Waals surface area contributed by atoms with Crippen molar-refractivity contribution in [3.05, 3.63) is 65.4 Å². The van der Waals surface area contributed by atoms with Crippen molar-refractivity contribution >= 4 is 22.5 Å². The van der Waals surface area contributed by atoms with Gasteiger partial charge in [0.25, 0.3) is 5.91 Å². The number of rotatable bonds is 4. The highest BCUT2D eigenvalue weighted by molar-refractivity contribution is 6.07. The van der Waals surface area contributed by atoms with Gasteiger partial charge in [0.2, 0.25) is 0 Å². The van der Waals surface area contributed by atoms with E-state index in [0.29, 0.717) is 18.3 Å². The molecule has 0 unspecified atom stereocenters. The summed E-state index contributed by atoms with van der Waals surface area (Å²) in [5.74, 6) is 0.696. The number of fused-ring (bicyclic) bond motifs is 1. The number of hydrogen-bond donors (Lipinski definition) is 1. The summed E-state index contributed by atoms with van der Waals surface area (Å²) in [5.41, 5.74) is 2.64. The fourth-order valence-electron chi connectivity index (χ4n) is 3.97. The van der Waals surface area contributed by atoms with Crippen LogP contribution < -0.4 is 10.2 Å². The van der Waals surface area contributed by atoms with Gasteiger partial charge < -0.3 is 10.2 Å². The quantitative estimate of drug-likeness (QED) is 0.742. The lowest BCUT2D eigenvalue weighted by molar-refractivity contribution is 0.0947. The highest BCUT2D eigenvalue weighted by Crippen LogP contribution is 2.30. The number of aryl methyl sites for hydroxylation is 1. The van der Waals surface area contributed by atoms with Crippen molar-refractivity contribution in [3.8, 4) is 0 Å². The first kappa shape index (κ1) is 18.4. The maximum atomic E-state index is 12.8. The highest BCUT2D eigenvalue weighted by atomic mass is 16.1. The zero-order valence-electron chi connectivity index (χ0n) is 16.5. The Morgan fingerprint density at radius 1 is 1.11 bits per heavy atom. The van der Waals surface area contributed by atoms with E-state index in [0.717, 1.165) is 35.1 Å². The van der Waals surface area contributed by atoms with E-state index in [1.807, 2.05) is 49.4 Å². The molecule has 144 valence electrons. The van der Waals surface area contributed by atoms with Gasteiger partial charge in [-0.15, -0.1) is 10.2 Å². The Bertz CT molecular complexity index is 1000. The van der Waals surface area contributed by atoms with Gasteiger partial charge in [-0.1, -0.05) is 54.1 Å². The Labute approximate surface area is 165 Å². The standard InChI is InChI=1S/C23H26N4O/c1-16-8-7-10-18(14-16)15-24-23(28)21-19-11-3-4-12-20(19)22(26-25-21)27-13-6-5-9-17(27)2/h3-4,7-8,10-12,14,17H,5-6,9,13,15H2,1-2H3,(H,24,28)/t17-/m1/s1. The predicted molar refractivity (Wildman–Crippen MR) is 113 cm³/mol. The average Bonchev–Trinajstić information content (AvgIpc) is 2.72. The molecule has 2 aromatic carbocycles. The third-order valence-electron chi connectivity index (χ3n) is 5.49. The van der Waals surface area contributed by atoms with Crippen molar-refractivity contribution in [3.63, 3.8) is 0 Å². The first-order chi connectivity index (χ1) is 13.6. The summed E-state index contributed by atoms with van der Waals surface area (Å²) in [6.45, 7) is 5.74. The molecule has 1 aromatic heterocycles. The summed E-state index contributed by atoms with van der Waals surface area (Å²) in [6.07, 6.45) is 3.58. The van der Waals surface area contributed by atoms with Gasteiger partial charge in [0, 0.05) is 29.9 Å². The Morgan fingerprint density at radius 2 is 1.93 bits per heavy atom. The molecule has 0 aliphatic carbocycles. The molecule has 1 aliphatic rings. The first-order valence-electron chi connectivity index (χ1n) is 9.99. The molecule has 1 aliphatic heterocycles. The van der Waals surface area contributed by atoms with E-state index in [9.17, 15) is 4.79 Å². The molecule has 4 rings (SSSR count). The second-order valence-corrected chi connectivity index (χ2v) is 7.63. The van der Waals surface area contributed by atoms with Crippen LogP contribution in [0.15, 0.2) is 48.5 Å². The minimum absolute atomic E-state index is 0.191. The number of amides is 1. The van der Waals surface area contributed by atoms with Crippen LogP contribution in [0.4, 0.5) is 5.82 Å². The molecule has 0 saturated carbocycles. The number of carbonyl (C=O) groups is 1. The van der Waals surface area contributed by atoms with E-state index in [4.69, 9.17) is 0 Å². The summed E-state index contributed by atoms with van der Waals surface area (Å²) < 4.78 is 0. The SMILES string of the molecule is Cc1cccc(CNC(=O)c2nnc(N3CCCC[C@H]3C)c3ccccc23)c1. The van der Waals surface area contributed by atoms with E-state index >= 15 is 0 Å². The van der Waals surface area contributed by atoms with Gasteiger partial charge in [-0.05, 0) is 38.7 Å². The molecule has 2 heterocycles. The number of anilines is 1. The Hall–Kier alpha value is -2.95. The van der Waals surface area contributed by atoms with Gasteiger partial charge in [0.1, 0.15) is 0 Å². The summed E-state index contributed by atoms with van der Waals surface area (Å²) in [5, 5.41) is 13.7. The van der Waals surface area contributed by atoms with Crippen molar-refractivity contribution in [1.82, 2.24) is 15.5 Å². The largest absolute Gasteiger partial charge is 0.352 e. The molecular weight excluding hydrogens is 348 g/mol. The molecule has 28 heavy (non-hydrogen) atoms. The van der Waals surface area contributed by atoms with Crippen LogP contribution in [0.3, 0.4) is 0 Å². The third kappa shape index (κ3) is 3.70. The Balaban J connectivity index is 1.63. The molecular formula is C23H26N4O. The number of hydrogen-bond acceptors (Lipinski definition) is 4. The second kappa shape index (κ2) is 7.97. The zero-order chi connectivity index (χ0) is 19.5. The van der Waals surface area contributed by atoms with E-state index < -0.39 is 0 Å². The molecule has 0 radical (unpaired) electrons. The van der Waals surface area contributed by atoms with Crippen LogP contribution in [0.25, 0.3) is 10.8 Å². The monoisotopic (exact) mass is 374 g/mol. The van der Waals surface area contributed by atoms with Crippen LogP contribution in [0.2, 0.25) is 0 Å².